The topological polar surface area (TPSA) is 29.1 Å². The molecule has 0 saturated carbocycles. The van der Waals surface area contributed by atoms with E-state index in [9.17, 15) is 9.18 Å². The van der Waals surface area contributed by atoms with Gasteiger partial charge in [-0.1, -0.05) is 30.3 Å². The fourth-order valence-electron chi connectivity index (χ4n) is 1.73. The number of amides is 1. The molecule has 0 heterocycles. The quantitative estimate of drug-likeness (QED) is 0.895. The maximum atomic E-state index is 13.1. The maximum absolute atomic E-state index is 13.1. The first-order chi connectivity index (χ1) is 9.08. The van der Waals surface area contributed by atoms with Crippen LogP contribution in [0.1, 0.15) is 18.4 Å². The lowest BCUT2D eigenvalue weighted by Gasteiger charge is -2.13. The summed E-state index contributed by atoms with van der Waals surface area (Å²) in [7, 11) is 0. The van der Waals surface area contributed by atoms with E-state index in [4.69, 9.17) is 0 Å². The highest BCUT2D eigenvalue weighted by Gasteiger charge is 2.16. The van der Waals surface area contributed by atoms with Crippen LogP contribution in [0.2, 0.25) is 0 Å². The SMILES string of the molecule is CC(C(=O)Nc1cc(F)ccc1Br)c1ccccc1. The molecule has 2 aromatic carbocycles. The Balaban J connectivity index is 2.15. The molecule has 1 unspecified atom stereocenters. The molecule has 0 aliphatic heterocycles. The number of hydrogen-bond acceptors (Lipinski definition) is 1. The van der Waals surface area contributed by atoms with Crippen molar-refractivity contribution in [2.75, 3.05) is 5.32 Å². The second kappa shape index (κ2) is 5.97. The summed E-state index contributed by atoms with van der Waals surface area (Å²) in [5.41, 5.74) is 1.36. The smallest absolute Gasteiger partial charge is 0.231 e. The van der Waals surface area contributed by atoms with E-state index < -0.39 is 0 Å². The van der Waals surface area contributed by atoms with Gasteiger partial charge in [-0.05, 0) is 46.6 Å². The molecule has 0 spiro atoms. The summed E-state index contributed by atoms with van der Waals surface area (Å²) >= 11 is 3.28. The zero-order valence-electron chi connectivity index (χ0n) is 10.4. The second-order valence-electron chi connectivity index (χ2n) is 4.25. The fraction of sp³-hybridized carbons (Fsp3) is 0.133. The Bertz CT molecular complexity index is 586. The Morgan fingerprint density at radius 1 is 1.21 bits per heavy atom. The number of benzene rings is 2. The summed E-state index contributed by atoms with van der Waals surface area (Å²) in [4.78, 5) is 12.1. The number of carbonyl (C=O) groups is 1. The molecule has 4 heteroatoms. The average Bonchev–Trinajstić information content (AvgIpc) is 2.43. The minimum atomic E-state index is -0.383. The van der Waals surface area contributed by atoms with E-state index in [0.29, 0.717) is 10.2 Å². The Kier molecular flexibility index (Phi) is 4.32. The number of nitrogens with one attached hydrogen (secondary N) is 1. The van der Waals surface area contributed by atoms with E-state index in [-0.39, 0.29) is 17.6 Å². The normalized spacial score (nSPS) is 11.9. The van der Waals surface area contributed by atoms with Crippen LogP contribution in [0.15, 0.2) is 53.0 Å². The van der Waals surface area contributed by atoms with Crippen LogP contribution < -0.4 is 5.32 Å². The molecule has 0 aliphatic rings. The van der Waals surface area contributed by atoms with Gasteiger partial charge >= 0.3 is 0 Å². The van der Waals surface area contributed by atoms with E-state index in [2.05, 4.69) is 21.2 Å². The lowest BCUT2D eigenvalue weighted by Crippen LogP contribution is -2.19. The molecular formula is C15H13BrFNO. The molecule has 98 valence electrons. The maximum Gasteiger partial charge on any atom is 0.231 e. The summed E-state index contributed by atoms with van der Waals surface area (Å²) in [5.74, 6) is -0.847. The lowest BCUT2D eigenvalue weighted by atomic mass is 10.0. The van der Waals surface area contributed by atoms with E-state index in [1.165, 1.54) is 12.1 Å². The highest BCUT2D eigenvalue weighted by Crippen LogP contribution is 2.25. The van der Waals surface area contributed by atoms with Crippen LogP contribution in [0.4, 0.5) is 10.1 Å². The minimum absolute atomic E-state index is 0.169. The van der Waals surface area contributed by atoms with Gasteiger partial charge in [0.15, 0.2) is 0 Å². The van der Waals surface area contributed by atoms with E-state index >= 15 is 0 Å². The van der Waals surface area contributed by atoms with Gasteiger partial charge in [0.1, 0.15) is 5.82 Å². The van der Waals surface area contributed by atoms with Crippen molar-refractivity contribution in [3.05, 3.63) is 64.4 Å². The van der Waals surface area contributed by atoms with Crippen molar-refractivity contribution in [2.24, 2.45) is 0 Å². The molecule has 19 heavy (non-hydrogen) atoms. The highest BCUT2D eigenvalue weighted by atomic mass is 79.9. The minimum Gasteiger partial charge on any atom is -0.324 e. The number of anilines is 1. The molecule has 0 aromatic heterocycles. The van der Waals surface area contributed by atoms with Crippen molar-refractivity contribution in [3.63, 3.8) is 0 Å². The van der Waals surface area contributed by atoms with Crippen LogP contribution in [0.25, 0.3) is 0 Å². The molecule has 0 saturated heterocycles. The van der Waals surface area contributed by atoms with Gasteiger partial charge in [0, 0.05) is 4.47 Å². The number of rotatable bonds is 3. The van der Waals surface area contributed by atoms with Gasteiger partial charge in [-0.25, -0.2) is 4.39 Å². The first-order valence-corrected chi connectivity index (χ1v) is 6.68. The summed E-state index contributed by atoms with van der Waals surface area (Å²) in [6.45, 7) is 1.82. The zero-order valence-corrected chi connectivity index (χ0v) is 11.9. The van der Waals surface area contributed by atoms with Crippen molar-refractivity contribution in [2.45, 2.75) is 12.8 Å². The number of halogens is 2. The van der Waals surface area contributed by atoms with E-state index in [1.807, 2.05) is 37.3 Å². The highest BCUT2D eigenvalue weighted by molar-refractivity contribution is 9.10. The van der Waals surface area contributed by atoms with Crippen LogP contribution in [0, 0.1) is 5.82 Å². The number of carbonyl (C=O) groups excluding carboxylic acids is 1. The monoisotopic (exact) mass is 321 g/mol. The summed E-state index contributed by atoms with van der Waals surface area (Å²) < 4.78 is 13.8. The molecule has 2 nitrogen and oxygen atoms in total. The van der Waals surface area contributed by atoms with Gasteiger partial charge in [-0.3, -0.25) is 4.79 Å². The molecule has 0 radical (unpaired) electrons. The molecule has 1 atom stereocenters. The average molecular weight is 322 g/mol. The molecule has 0 aliphatic carbocycles. The van der Waals surface area contributed by atoms with E-state index in [0.717, 1.165) is 5.56 Å². The second-order valence-corrected chi connectivity index (χ2v) is 5.10. The molecule has 1 N–H and O–H groups in total. The van der Waals surface area contributed by atoms with Crippen LogP contribution in [0.3, 0.4) is 0 Å². The Morgan fingerprint density at radius 2 is 1.89 bits per heavy atom. The number of hydrogen-bond donors (Lipinski definition) is 1. The zero-order chi connectivity index (χ0) is 13.8. The van der Waals surface area contributed by atoms with Gasteiger partial charge in [-0.15, -0.1) is 0 Å². The first-order valence-electron chi connectivity index (χ1n) is 5.89. The van der Waals surface area contributed by atoms with Gasteiger partial charge < -0.3 is 5.32 Å². The molecule has 2 aromatic rings. The van der Waals surface area contributed by atoms with Crippen molar-refractivity contribution < 1.29 is 9.18 Å². The Hall–Kier alpha value is -1.68. The summed E-state index contributed by atoms with van der Waals surface area (Å²) in [5, 5.41) is 2.72. The Morgan fingerprint density at radius 3 is 2.58 bits per heavy atom. The van der Waals surface area contributed by atoms with Crippen LogP contribution >= 0.6 is 15.9 Å². The standard InChI is InChI=1S/C15H13BrFNO/c1-10(11-5-3-2-4-6-11)15(19)18-14-9-12(17)7-8-13(14)16/h2-10H,1H3,(H,18,19). The van der Waals surface area contributed by atoms with Gasteiger partial charge in [-0.2, -0.15) is 0 Å². The van der Waals surface area contributed by atoms with Gasteiger partial charge in [0.05, 0.1) is 11.6 Å². The molecular weight excluding hydrogens is 309 g/mol. The third-order valence-corrected chi connectivity index (χ3v) is 3.57. The van der Waals surface area contributed by atoms with Crippen molar-refractivity contribution in [3.8, 4) is 0 Å². The fourth-order valence-corrected chi connectivity index (χ4v) is 2.07. The van der Waals surface area contributed by atoms with Gasteiger partial charge in [0.2, 0.25) is 5.91 Å². The molecule has 2 rings (SSSR count). The van der Waals surface area contributed by atoms with Crippen LogP contribution in [0.5, 0.6) is 0 Å². The first kappa shape index (κ1) is 13.7. The largest absolute Gasteiger partial charge is 0.324 e. The Labute approximate surface area is 119 Å². The van der Waals surface area contributed by atoms with Crippen molar-refractivity contribution >= 4 is 27.5 Å². The summed E-state index contributed by atoms with van der Waals surface area (Å²) in [6, 6.07) is 13.7. The molecule has 0 fully saturated rings. The molecule has 0 bridgehead atoms. The third kappa shape index (κ3) is 3.41. The predicted octanol–water partition coefficient (Wildman–Crippen LogP) is 4.33. The van der Waals surface area contributed by atoms with Gasteiger partial charge in [0.25, 0.3) is 0 Å². The third-order valence-electron chi connectivity index (χ3n) is 2.88. The predicted molar refractivity (Wildman–Crippen MR) is 77.6 cm³/mol. The van der Waals surface area contributed by atoms with Crippen molar-refractivity contribution in [1.29, 1.82) is 0 Å². The van der Waals surface area contributed by atoms with E-state index in [1.54, 1.807) is 6.07 Å². The van der Waals surface area contributed by atoms with Crippen molar-refractivity contribution in [1.82, 2.24) is 0 Å². The van der Waals surface area contributed by atoms with Crippen LogP contribution in [-0.4, -0.2) is 5.91 Å². The van der Waals surface area contributed by atoms with Crippen LogP contribution in [-0.2, 0) is 4.79 Å². The lowest BCUT2D eigenvalue weighted by molar-refractivity contribution is -0.117. The summed E-state index contributed by atoms with van der Waals surface area (Å²) in [6.07, 6.45) is 0. The molecule has 1 amide bonds.